The number of likely N-dealkylation sites (N-methyl/N-ethyl adjacent to an activating group) is 1. The van der Waals surface area contributed by atoms with Gasteiger partial charge < -0.3 is 4.90 Å². The molecule has 0 unspecified atom stereocenters. The van der Waals surface area contributed by atoms with Gasteiger partial charge in [-0.2, -0.15) is 0 Å². The van der Waals surface area contributed by atoms with Crippen LogP contribution in [0.15, 0.2) is 82.2 Å². The summed E-state index contributed by atoms with van der Waals surface area (Å²) < 4.78 is 41.1. The van der Waals surface area contributed by atoms with Gasteiger partial charge in [-0.3, -0.25) is 9.52 Å². The number of nitrogens with zero attached hydrogens (tertiary/aromatic N) is 1. The second kappa shape index (κ2) is 9.40. The number of carbonyl (C=O) groups is 1. The fraction of sp³-hybridized carbons (Fsp3) is 0.136. The molecule has 0 saturated carbocycles. The lowest BCUT2D eigenvalue weighted by molar-refractivity contribution is -0.129. The van der Waals surface area contributed by atoms with E-state index in [0.29, 0.717) is 12.2 Å². The molecule has 8 heteroatoms. The lowest BCUT2D eigenvalue weighted by atomic mass is 10.1. The fourth-order valence-corrected chi connectivity index (χ4v) is 4.10. The Balaban J connectivity index is 1.60. The van der Waals surface area contributed by atoms with E-state index >= 15 is 0 Å². The van der Waals surface area contributed by atoms with E-state index in [1.54, 1.807) is 36.2 Å². The minimum Gasteiger partial charge on any atom is -0.341 e. The van der Waals surface area contributed by atoms with Crippen LogP contribution < -0.4 is 4.72 Å². The summed E-state index contributed by atoms with van der Waals surface area (Å²) in [6, 6.07) is 18.9. The second-order valence-corrected chi connectivity index (χ2v) is 9.41. The molecule has 5 nitrogen and oxygen atoms in total. The van der Waals surface area contributed by atoms with Crippen molar-refractivity contribution < 1.29 is 17.6 Å². The van der Waals surface area contributed by atoms with E-state index < -0.39 is 15.8 Å². The molecule has 0 heterocycles. The third-order valence-electron chi connectivity index (χ3n) is 4.44. The summed E-state index contributed by atoms with van der Waals surface area (Å²) in [6.07, 6.45) is 0.206. The molecule has 3 aromatic carbocycles. The number of halogens is 2. The van der Waals surface area contributed by atoms with Crippen LogP contribution in [-0.2, 0) is 27.8 Å². The highest BCUT2D eigenvalue weighted by atomic mass is 79.9. The van der Waals surface area contributed by atoms with Crippen LogP contribution in [0.3, 0.4) is 0 Å². The van der Waals surface area contributed by atoms with E-state index in [9.17, 15) is 17.6 Å². The molecule has 3 aromatic rings. The topological polar surface area (TPSA) is 66.5 Å². The van der Waals surface area contributed by atoms with Crippen LogP contribution in [-0.4, -0.2) is 26.3 Å². The van der Waals surface area contributed by atoms with E-state index in [4.69, 9.17) is 0 Å². The maximum atomic E-state index is 13.0. The first-order valence-corrected chi connectivity index (χ1v) is 11.4. The Hall–Kier alpha value is -2.71. The van der Waals surface area contributed by atoms with Gasteiger partial charge in [-0.25, -0.2) is 12.8 Å². The minimum atomic E-state index is -3.81. The number of sulfonamides is 1. The zero-order chi connectivity index (χ0) is 21.7. The molecule has 1 amide bonds. The molecule has 0 aliphatic carbocycles. The molecular weight excluding hydrogens is 471 g/mol. The summed E-state index contributed by atoms with van der Waals surface area (Å²) in [4.78, 5) is 14.1. The molecule has 0 spiro atoms. The zero-order valence-corrected chi connectivity index (χ0v) is 18.6. The van der Waals surface area contributed by atoms with Crippen molar-refractivity contribution in [2.24, 2.45) is 0 Å². The van der Waals surface area contributed by atoms with Gasteiger partial charge in [-0.15, -0.1) is 0 Å². The second-order valence-electron chi connectivity index (χ2n) is 6.81. The van der Waals surface area contributed by atoms with Crippen molar-refractivity contribution in [1.29, 1.82) is 0 Å². The van der Waals surface area contributed by atoms with Gasteiger partial charge in [0.1, 0.15) is 5.82 Å². The van der Waals surface area contributed by atoms with Crippen molar-refractivity contribution in [1.82, 2.24) is 4.90 Å². The molecule has 156 valence electrons. The van der Waals surface area contributed by atoms with Gasteiger partial charge in [0.15, 0.2) is 0 Å². The number of carbonyl (C=O) groups excluding carboxylic acids is 1. The zero-order valence-electron chi connectivity index (χ0n) is 16.2. The van der Waals surface area contributed by atoms with Crippen LogP contribution in [0.2, 0.25) is 0 Å². The van der Waals surface area contributed by atoms with Crippen LogP contribution in [0, 0.1) is 5.82 Å². The average molecular weight is 491 g/mol. The van der Waals surface area contributed by atoms with Crippen LogP contribution in [0.1, 0.15) is 11.1 Å². The summed E-state index contributed by atoms with van der Waals surface area (Å²) in [5.41, 5.74) is 2.16. The quantitative estimate of drug-likeness (QED) is 0.526. The molecule has 0 bridgehead atoms. The highest BCUT2D eigenvalue weighted by Gasteiger charge is 2.15. The molecule has 0 saturated heterocycles. The Morgan fingerprint density at radius 3 is 2.10 bits per heavy atom. The smallest absolute Gasteiger partial charge is 0.261 e. The standard InChI is InChI=1S/C22H20BrFN2O3S/c1-26(15-17-2-6-18(23)7-3-17)22(27)14-16-4-10-20(11-5-16)25-30(28,29)21-12-8-19(24)9-13-21/h2-13,25H,14-15H2,1H3. The van der Waals surface area contributed by atoms with Crippen molar-refractivity contribution in [3.63, 3.8) is 0 Å². The fourth-order valence-electron chi connectivity index (χ4n) is 2.78. The summed E-state index contributed by atoms with van der Waals surface area (Å²) in [5.74, 6) is -0.550. The molecule has 0 atom stereocenters. The molecule has 3 rings (SSSR count). The van der Waals surface area contributed by atoms with E-state index in [1.807, 2.05) is 24.3 Å². The molecule has 0 radical (unpaired) electrons. The Bertz CT molecular complexity index is 1120. The highest BCUT2D eigenvalue weighted by Crippen LogP contribution is 2.18. The Labute approximate surface area is 183 Å². The number of amides is 1. The van der Waals surface area contributed by atoms with E-state index in [0.717, 1.165) is 27.7 Å². The number of hydrogen-bond acceptors (Lipinski definition) is 3. The van der Waals surface area contributed by atoms with Gasteiger partial charge in [0.25, 0.3) is 10.0 Å². The van der Waals surface area contributed by atoms with Crippen LogP contribution in [0.4, 0.5) is 10.1 Å². The third-order valence-corrected chi connectivity index (χ3v) is 6.37. The number of rotatable bonds is 7. The van der Waals surface area contributed by atoms with Crippen molar-refractivity contribution in [2.45, 2.75) is 17.9 Å². The van der Waals surface area contributed by atoms with Crippen LogP contribution in [0.25, 0.3) is 0 Å². The lowest BCUT2D eigenvalue weighted by Gasteiger charge is -2.17. The van der Waals surface area contributed by atoms with Crippen molar-refractivity contribution >= 4 is 37.5 Å². The number of benzene rings is 3. The minimum absolute atomic E-state index is 0.0299. The van der Waals surface area contributed by atoms with Crippen LogP contribution in [0.5, 0.6) is 0 Å². The number of hydrogen-bond donors (Lipinski definition) is 1. The van der Waals surface area contributed by atoms with Gasteiger partial charge in [0.2, 0.25) is 5.91 Å². The number of anilines is 1. The SMILES string of the molecule is CN(Cc1ccc(Br)cc1)C(=O)Cc1ccc(NS(=O)(=O)c2ccc(F)cc2)cc1. The monoisotopic (exact) mass is 490 g/mol. The van der Waals surface area contributed by atoms with Crippen molar-refractivity contribution in [3.8, 4) is 0 Å². The van der Waals surface area contributed by atoms with Gasteiger partial charge in [-0.1, -0.05) is 40.2 Å². The first-order chi connectivity index (χ1) is 14.2. The van der Waals surface area contributed by atoms with Crippen molar-refractivity contribution in [3.05, 3.63) is 94.2 Å². The average Bonchev–Trinajstić information content (AvgIpc) is 2.71. The molecule has 0 fully saturated rings. The Morgan fingerprint density at radius 2 is 1.50 bits per heavy atom. The first kappa shape index (κ1) is 22.0. The van der Waals surface area contributed by atoms with E-state index in [1.165, 1.54) is 12.1 Å². The maximum absolute atomic E-state index is 13.0. The summed E-state index contributed by atoms with van der Waals surface area (Å²) in [6.45, 7) is 0.502. The Kier molecular flexibility index (Phi) is 6.89. The predicted molar refractivity (Wildman–Crippen MR) is 118 cm³/mol. The third kappa shape index (κ3) is 5.90. The molecule has 1 N–H and O–H groups in total. The first-order valence-electron chi connectivity index (χ1n) is 9.09. The summed E-state index contributed by atoms with van der Waals surface area (Å²) in [7, 11) is -2.07. The van der Waals surface area contributed by atoms with E-state index in [2.05, 4.69) is 20.7 Å². The Morgan fingerprint density at radius 1 is 0.933 bits per heavy atom. The highest BCUT2D eigenvalue weighted by molar-refractivity contribution is 9.10. The van der Waals surface area contributed by atoms with Gasteiger partial charge in [0.05, 0.1) is 11.3 Å². The maximum Gasteiger partial charge on any atom is 0.261 e. The lowest BCUT2D eigenvalue weighted by Crippen LogP contribution is -2.27. The summed E-state index contributed by atoms with van der Waals surface area (Å²) >= 11 is 3.39. The molecule has 0 aromatic heterocycles. The van der Waals surface area contributed by atoms with Gasteiger partial charge >= 0.3 is 0 Å². The van der Waals surface area contributed by atoms with Crippen LogP contribution >= 0.6 is 15.9 Å². The van der Waals surface area contributed by atoms with Gasteiger partial charge in [0, 0.05) is 23.8 Å². The van der Waals surface area contributed by atoms with Gasteiger partial charge in [-0.05, 0) is 59.7 Å². The molecule has 0 aliphatic rings. The normalized spacial score (nSPS) is 11.2. The molecular formula is C22H20BrFN2O3S. The molecule has 0 aliphatic heterocycles. The van der Waals surface area contributed by atoms with Crippen molar-refractivity contribution in [2.75, 3.05) is 11.8 Å². The largest absolute Gasteiger partial charge is 0.341 e. The van der Waals surface area contributed by atoms with E-state index in [-0.39, 0.29) is 17.2 Å². The molecule has 30 heavy (non-hydrogen) atoms. The number of nitrogens with one attached hydrogen (secondary N) is 1. The summed E-state index contributed by atoms with van der Waals surface area (Å²) in [5, 5.41) is 0. The predicted octanol–water partition coefficient (Wildman–Crippen LogP) is 4.59.